The lowest BCUT2D eigenvalue weighted by molar-refractivity contribution is -0.140. The maximum atomic E-state index is 12.9. The molecule has 7 heteroatoms. The van der Waals surface area contributed by atoms with E-state index in [0.717, 1.165) is 0 Å². The number of benzene rings is 1. The van der Waals surface area contributed by atoms with Gasteiger partial charge in [-0.3, -0.25) is 19.6 Å². The molecule has 1 unspecified atom stereocenters. The maximum absolute atomic E-state index is 12.9. The minimum atomic E-state index is -0.824. The molecule has 30 heavy (non-hydrogen) atoms. The van der Waals surface area contributed by atoms with Crippen LogP contribution >= 0.6 is 0 Å². The summed E-state index contributed by atoms with van der Waals surface area (Å²) in [5, 5.41) is 11.0. The van der Waals surface area contributed by atoms with E-state index in [-0.39, 0.29) is 17.9 Å². The van der Waals surface area contributed by atoms with Crippen LogP contribution in [-0.4, -0.2) is 38.8 Å². The topological polar surface area (TPSA) is 92.6 Å². The third kappa shape index (κ3) is 3.53. The molecule has 7 nitrogen and oxygen atoms in total. The Morgan fingerprint density at radius 1 is 1.00 bits per heavy atom. The van der Waals surface area contributed by atoms with Crippen LogP contribution in [0.25, 0.3) is 5.76 Å². The number of ketones is 1. The lowest BCUT2D eigenvalue weighted by Crippen LogP contribution is -2.29. The lowest BCUT2D eigenvalue weighted by Gasteiger charge is -2.24. The van der Waals surface area contributed by atoms with E-state index in [4.69, 9.17) is 4.74 Å². The molecule has 0 radical (unpaired) electrons. The van der Waals surface area contributed by atoms with Crippen molar-refractivity contribution in [3.8, 4) is 5.75 Å². The molecule has 1 aromatic carbocycles. The molecule has 150 valence electrons. The van der Waals surface area contributed by atoms with Crippen molar-refractivity contribution in [1.82, 2.24) is 14.9 Å². The average molecular weight is 401 g/mol. The molecular weight excluding hydrogens is 382 g/mol. The van der Waals surface area contributed by atoms with Gasteiger partial charge in [-0.1, -0.05) is 12.1 Å². The van der Waals surface area contributed by atoms with Crippen molar-refractivity contribution in [3.63, 3.8) is 0 Å². The first-order valence-corrected chi connectivity index (χ1v) is 9.34. The number of carbonyl (C=O) groups is 2. The molecule has 0 bridgehead atoms. The van der Waals surface area contributed by atoms with Gasteiger partial charge < -0.3 is 14.7 Å². The molecule has 1 fully saturated rings. The van der Waals surface area contributed by atoms with Gasteiger partial charge >= 0.3 is 0 Å². The van der Waals surface area contributed by atoms with Crippen molar-refractivity contribution in [2.45, 2.75) is 12.6 Å². The van der Waals surface area contributed by atoms with Crippen LogP contribution < -0.4 is 4.74 Å². The van der Waals surface area contributed by atoms with Crippen molar-refractivity contribution in [3.05, 3.63) is 95.6 Å². The number of likely N-dealkylation sites (tertiary alicyclic amines) is 1. The number of amides is 1. The summed E-state index contributed by atoms with van der Waals surface area (Å²) in [4.78, 5) is 35.8. The summed E-state index contributed by atoms with van der Waals surface area (Å²) in [6.45, 7) is 0.117. The molecule has 0 aliphatic carbocycles. The standard InChI is InChI=1S/C23H19N3O4/c1-30-17-10-8-15(9-11-17)21(27)19-20(18-7-3-5-13-25-18)26(23(29)22(19)28)14-16-6-2-4-12-24-16/h2-13,20,27H,14H2,1H3/b21-19-. The third-order valence-corrected chi connectivity index (χ3v) is 4.93. The van der Waals surface area contributed by atoms with Crippen LogP contribution in [0.1, 0.15) is 23.0 Å². The van der Waals surface area contributed by atoms with Gasteiger partial charge in [0.05, 0.1) is 30.6 Å². The second kappa shape index (κ2) is 8.16. The van der Waals surface area contributed by atoms with Gasteiger partial charge in [0.1, 0.15) is 17.6 Å². The summed E-state index contributed by atoms with van der Waals surface area (Å²) in [5.41, 5.74) is 1.53. The molecule has 1 aliphatic rings. The number of aliphatic hydroxyl groups excluding tert-OH is 1. The number of methoxy groups -OCH3 is 1. The monoisotopic (exact) mass is 401 g/mol. The zero-order valence-electron chi connectivity index (χ0n) is 16.2. The largest absolute Gasteiger partial charge is 0.507 e. The second-order valence-corrected chi connectivity index (χ2v) is 6.73. The van der Waals surface area contributed by atoms with E-state index in [1.165, 1.54) is 4.90 Å². The minimum Gasteiger partial charge on any atom is -0.507 e. The Morgan fingerprint density at radius 2 is 1.70 bits per heavy atom. The summed E-state index contributed by atoms with van der Waals surface area (Å²) in [5.74, 6) is -1.10. The Hall–Kier alpha value is -4.00. The highest BCUT2D eigenvalue weighted by atomic mass is 16.5. The summed E-state index contributed by atoms with van der Waals surface area (Å²) in [7, 11) is 1.54. The predicted octanol–water partition coefficient (Wildman–Crippen LogP) is 3.11. The number of carbonyl (C=O) groups excluding carboxylic acids is 2. The Morgan fingerprint density at radius 3 is 2.30 bits per heavy atom. The third-order valence-electron chi connectivity index (χ3n) is 4.93. The fraction of sp³-hybridized carbons (Fsp3) is 0.130. The first-order valence-electron chi connectivity index (χ1n) is 9.34. The molecule has 1 N–H and O–H groups in total. The zero-order valence-corrected chi connectivity index (χ0v) is 16.2. The van der Waals surface area contributed by atoms with Crippen molar-refractivity contribution < 1.29 is 19.4 Å². The zero-order chi connectivity index (χ0) is 21.1. The molecule has 1 aliphatic heterocycles. The Bertz CT molecular complexity index is 1100. The highest BCUT2D eigenvalue weighted by Gasteiger charge is 2.46. The number of aromatic nitrogens is 2. The fourth-order valence-corrected chi connectivity index (χ4v) is 3.46. The SMILES string of the molecule is COc1ccc(/C(O)=C2/C(=O)C(=O)N(Cc3ccccn3)C2c2ccccn2)cc1. The first-order chi connectivity index (χ1) is 14.6. The second-order valence-electron chi connectivity index (χ2n) is 6.73. The predicted molar refractivity (Wildman–Crippen MR) is 109 cm³/mol. The molecule has 4 rings (SSSR count). The molecular formula is C23H19N3O4. The van der Waals surface area contributed by atoms with Gasteiger partial charge in [-0.15, -0.1) is 0 Å². The number of ether oxygens (including phenoxy) is 1. The smallest absolute Gasteiger partial charge is 0.296 e. The molecule has 3 heterocycles. The van der Waals surface area contributed by atoms with Crippen LogP contribution in [0.2, 0.25) is 0 Å². The van der Waals surface area contributed by atoms with Crippen LogP contribution in [0, 0.1) is 0 Å². The van der Waals surface area contributed by atoms with Crippen molar-refractivity contribution in [1.29, 1.82) is 0 Å². The van der Waals surface area contributed by atoms with Crippen LogP contribution in [0.15, 0.2) is 78.6 Å². The number of pyridine rings is 2. The highest BCUT2D eigenvalue weighted by Crippen LogP contribution is 2.39. The number of nitrogens with zero attached hydrogens (tertiary/aromatic N) is 3. The fourth-order valence-electron chi connectivity index (χ4n) is 3.46. The van der Waals surface area contributed by atoms with Gasteiger partial charge in [-0.2, -0.15) is 0 Å². The summed E-state index contributed by atoms with van der Waals surface area (Å²) < 4.78 is 5.14. The van der Waals surface area contributed by atoms with E-state index in [1.54, 1.807) is 74.1 Å². The molecule has 3 aromatic rings. The first kappa shape index (κ1) is 19.3. The molecule has 0 spiro atoms. The van der Waals surface area contributed by atoms with Crippen LogP contribution in [-0.2, 0) is 16.1 Å². The highest BCUT2D eigenvalue weighted by molar-refractivity contribution is 6.46. The number of hydrogen-bond acceptors (Lipinski definition) is 6. The average Bonchev–Trinajstić information content (AvgIpc) is 3.05. The normalized spacial score (nSPS) is 17.9. The summed E-state index contributed by atoms with van der Waals surface area (Å²) in [6.07, 6.45) is 3.21. The number of aliphatic hydroxyl groups is 1. The maximum Gasteiger partial charge on any atom is 0.296 e. The Kier molecular flexibility index (Phi) is 5.26. The van der Waals surface area contributed by atoms with E-state index in [0.29, 0.717) is 22.7 Å². The van der Waals surface area contributed by atoms with E-state index >= 15 is 0 Å². The molecule has 0 saturated carbocycles. The number of hydrogen-bond donors (Lipinski definition) is 1. The number of Topliss-reactive ketones (excluding diaryl/α,β-unsaturated/α-hetero) is 1. The van der Waals surface area contributed by atoms with E-state index in [2.05, 4.69) is 9.97 Å². The van der Waals surface area contributed by atoms with Gasteiger partial charge in [0.2, 0.25) is 0 Å². The summed E-state index contributed by atoms with van der Waals surface area (Å²) in [6, 6.07) is 16.4. The molecule has 1 atom stereocenters. The van der Waals surface area contributed by atoms with Gasteiger partial charge in [0.15, 0.2) is 0 Å². The van der Waals surface area contributed by atoms with Crippen molar-refractivity contribution in [2.75, 3.05) is 7.11 Å². The van der Waals surface area contributed by atoms with Crippen molar-refractivity contribution in [2.24, 2.45) is 0 Å². The number of rotatable bonds is 5. The Labute approximate surface area is 173 Å². The van der Waals surface area contributed by atoms with Crippen LogP contribution in [0.3, 0.4) is 0 Å². The van der Waals surface area contributed by atoms with E-state index in [1.807, 2.05) is 6.07 Å². The van der Waals surface area contributed by atoms with Crippen LogP contribution in [0.5, 0.6) is 5.75 Å². The van der Waals surface area contributed by atoms with E-state index in [9.17, 15) is 14.7 Å². The van der Waals surface area contributed by atoms with Gasteiger partial charge in [0.25, 0.3) is 11.7 Å². The van der Waals surface area contributed by atoms with Crippen LogP contribution in [0.4, 0.5) is 0 Å². The quantitative estimate of drug-likeness (QED) is 0.401. The Balaban J connectivity index is 1.83. The molecule has 1 amide bonds. The van der Waals surface area contributed by atoms with Gasteiger partial charge in [-0.05, 0) is 48.5 Å². The summed E-state index contributed by atoms with van der Waals surface area (Å²) >= 11 is 0. The molecule has 2 aromatic heterocycles. The van der Waals surface area contributed by atoms with Crippen molar-refractivity contribution >= 4 is 17.4 Å². The lowest BCUT2D eigenvalue weighted by atomic mass is 9.98. The minimum absolute atomic E-state index is 0.000187. The van der Waals surface area contributed by atoms with E-state index < -0.39 is 17.7 Å². The molecule has 1 saturated heterocycles. The van der Waals surface area contributed by atoms with Gasteiger partial charge in [-0.25, -0.2) is 0 Å². The van der Waals surface area contributed by atoms with Gasteiger partial charge in [0, 0.05) is 18.0 Å².